The van der Waals surface area contributed by atoms with Gasteiger partial charge >= 0.3 is 0 Å². The van der Waals surface area contributed by atoms with Crippen LogP contribution in [0.15, 0.2) is 89.3 Å². The smallest absolute Gasteiger partial charge is 0.253 e. The van der Waals surface area contributed by atoms with E-state index in [1.54, 1.807) is 11.3 Å². The van der Waals surface area contributed by atoms with E-state index in [4.69, 9.17) is 4.74 Å². The van der Waals surface area contributed by atoms with Crippen LogP contribution in [-0.4, -0.2) is 129 Å². The lowest BCUT2D eigenvalue weighted by molar-refractivity contribution is -0.144. The van der Waals surface area contributed by atoms with Gasteiger partial charge in [-0.3, -0.25) is 33.8 Å². The number of pyridine rings is 1. The fraction of sp³-hybridized carbons (Fsp3) is 0.458. The maximum atomic E-state index is 14.1. The molecule has 402 valence electrons. The Balaban J connectivity index is 0.734. The number of H-pyrrole nitrogens is 1. The standard InChI is InChI=1S/C59H73N9O7S/c1-37-27-38(2)63-56(72)49(37)32-61-55(71)48-28-44(29-50-47(48)19-20-67(50)45-9-7-8-10-45)42-15-13-41(14-16-42)33-66-23-21-65(22-24-66)25-26-75-35-52(70)64-54(59(4,5)6)58(74)68-34-46(69)30-51(68)57(73)60-31-40-11-17-43(18-12-40)53-39(3)62-36-76-53/h11-20,27-29,36,45-46,51,54,69H,7-10,21-26,30-35H2,1-6H3,(H,60,73)(H,61,71)(H,63,72)(H,64,70)/t46-,51+,54?/m1/s1. The Labute approximate surface area is 449 Å². The highest BCUT2D eigenvalue weighted by molar-refractivity contribution is 7.13. The van der Waals surface area contributed by atoms with E-state index in [2.05, 4.69) is 82.9 Å². The van der Waals surface area contributed by atoms with Crippen molar-refractivity contribution in [2.45, 2.75) is 118 Å². The number of aromatic nitrogens is 3. The molecular formula is C59H73N9O7S. The van der Waals surface area contributed by atoms with Gasteiger partial charge < -0.3 is 40.2 Å². The number of hydrogen-bond donors (Lipinski definition) is 5. The molecule has 3 aromatic heterocycles. The summed E-state index contributed by atoms with van der Waals surface area (Å²) in [5.41, 5.74) is 10.9. The molecule has 5 heterocycles. The minimum atomic E-state index is -0.944. The number of rotatable bonds is 18. The van der Waals surface area contributed by atoms with E-state index in [0.29, 0.717) is 30.3 Å². The Morgan fingerprint density at radius 1 is 0.855 bits per heavy atom. The summed E-state index contributed by atoms with van der Waals surface area (Å²) in [7, 11) is 0. The summed E-state index contributed by atoms with van der Waals surface area (Å²) in [6.45, 7) is 16.8. The van der Waals surface area contributed by atoms with Gasteiger partial charge in [0, 0.05) is 105 Å². The number of thiazole rings is 1. The number of fused-ring (bicyclic) bond motifs is 1. The van der Waals surface area contributed by atoms with Crippen LogP contribution in [0.5, 0.6) is 0 Å². The van der Waals surface area contributed by atoms with E-state index < -0.39 is 35.4 Å². The van der Waals surface area contributed by atoms with E-state index in [9.17, 15) is 29.1 Å². The van der Waals surface area contributed by atoms with Gasteiger partial charge in [0.1, 0.15) is 18.7 Å². The number of carbonyl (C=O) groups excluding carboxylic acids is 4. The maximum Gasteiger partial charge on any atom is 0.253 e. The van der Waals surface area contributed by atoms with Crippen LogP contribution < -0.4 is 21.5 Å². The molecule has 0 bridgehead atoms. The average molecular weight is 1050 g/mol. The summed E-state index contributed by atoms with van der Waals surface area (Å²) >= 11 is 1.58. The molecule has 3 aliphatic rings. The van der Waals surface area contributed by atoms with Gasteiger partial charge in [-0.1, -0.05) is 82.1 Å². The van der Waals surface area contributed by atoms with Crippen LogP contribution in [0.2, 0.25) is 0 Å². The number of carbonyl (C=O) groups is 4. The number of benzene rings is 3. The molecule has 1 unspecified atom stereocenters. The summed E-state index contributed by atoms with van der Waals surface area (Å²) in [5, 5.41) is 20.4. The van der Waals surface area contributed by atoms with Crippen LogP contribution in [0.3, 0.4) is 0 Å². The van der Waals surface area contributed by atoms with Crippen LogP contribution in [-0.2, 0) is 38.8 Å². The summed E-state index contributed by atoms with van der Waals surface area (Å²) in [5.74, 6) is -1.41. The molecule has 0 radical (unpaired) electrons. The number of ether oxygens (including phenoxy) is 1. The molecule has 0 spiro atoms. The second kappa shape index (κ2) is 23.8. The molecule has 4 amide bonds. The molecule has 17 heteroatoms. The number of β-amino-alcohol motifs (C(OH)–C–C–N with tert-alkyl or cyclic N) is 1. The average Bonchev–Trinajstić information content (AvgIpc) is 4.24. The predicted molar refractivity (Wildman–Crippen MR) is 297 cm³/mol. The highest BCUT2D eigenvalue weighted by atomic mass is 32.1. The van der Waals surface area contributed by atoms with Gasteiger partial charge in [0.15, 0.2) is 0 Å². The number of likely N-dealkylation sites (tertiary alicyclic amines) is 1. The molecule has 3 aromatic carbocycles. The zero-order valence-corrected chi connectivity index (χ0v) is 45.6. The number of aryl methyl sites for hydroxylation is 3. The van der Waals surface area contributed by atoms with E-state index in [0.717, 1.165) is 101 Å². The molecule has 9 rings (SSSR count). The molecule has 2 saturated heterocycles. The van der Waals surface area contributed by atoms with Crippen LogP contribution in [0, 0.1) is 26.2 Å². The van der Waals surface area contributed by atoms with Crippen LogP contribution in [0.25, 0.3) is 32.5 Å². The second-order valence-electron chi connectivity index (χ2n) is 22.1. The lowest BCUT2D eigenvalue weighted by atomic mass is 9.85. The lowest BCUT2D eigenvalue weighted by Crippen LogP contribution is -2.58. The number of nitrogens with one attached hydrogen (secondary N) is 4. The van der Waals surface area contributed by atoms with Crippen molar-refractivity contribution in [3.05, 3.63) is 134 Å². The van der Waals surface area contributed by atoms with Gasteiger partial charge in [-0.15, -0.1) is 11.3 Å². The summed E-state index contributed by atoms with van der Waals surface area (Å²) < 4.78 is 8.20. The van der Waals surface area contributed by atoms with Gasteiger partial charge in [-0.05, 0) is 96.7 Å². The molecular weight excluding hydrogens is 979 g/mol. The van der Waals surface area contributed by atoms with Crippen LogP contribution >= 0.6 is 11.3 Å². The van der Waals surface area contributed by atoms with E-state index in [1.165, 1.54) is 23.3 Å². The van der Waals surface area contributed by atoms with Crippen molar-refractivity contribution in [2.75, 3.05) is 52.5 Å². The molecule has 1 saturated carbocycles. The SMILES string of the molecule is Cc1cc(C)c(CNC(=O)c2cc(-c3ccc(CN4CCN(CCOCC(=O)NC(C(=O)N5C[C@H](O)C[C@H]5C(=O)NCc5ccc(-c6scnc6C)cc5)C(C)(C)C)CC4)cc3)cc3c2ccn3C2CCCC2)c(=O)[nH]1. The molecule has 5 N–H and O–H groups in total. The Morgan fingerprint density at radius 3 is 2.24 bits per heavy atom. The highest BCUT2D eigenvalue weighted by Crippen LogP contribution is 2.36. The van der Waals surface area contributed by atoms with Gasteiger partial charge in [-0.2, -0.15) is 0 Å². The van der Waals surface area contributed by atoms with Crippen LogP contribution in [0.4, 0.5) is 0 Å². The summed E-state index contributed by atoms with van der Waals surface area (Å²) in [6, 6.07) is 23.3. The third-order valence-electron chi connectivity index (χ3n) is 15.4. The van der Waals surface area contributed by atoms with E-state index in [1.807, 2.05) is 83.5 Å². The lowest BCUT2D eigenvalue weighted by Gasteiger charge is -2.35. The highest BCUT2D eigenvalue weighted by Gasteiger charge is 2.44. The fourth-order valence-electron chi connectivity index (χ4n) is 11.1. The number of piperazine rings is 1. The molecule has 3 atom stereocenters. The predicted octanol–water partition coefficient (Wildman–Crippen LogP) is 7.03. The zero-order valence-electron chi connectivity index (χ0n) is 44.7. The normalized spacial score (nSPS) is 18.1. The quantitative estimate of drug-likeness (QED) is 0.0558. The molecule has 76 heavy (non-hydrogen) atoms. The molecule has 16 nitrogen and oxygen atoms in total. The number of aliphatic hydroxyl groups excluding tert-OH is 1. The van der Waals surface area contributed by atoms with Crippen molar-refractivity contribution in [1.82, 2.24) is 45.2 Å². The Hall–Kier alpha value is -6.50. The van der Waals surface area contributed by atoms with Gasteiger partial charge in [0.25, 0.3) is 11.5 Å². The van der Waals surface area contributed by atoms with Gasteiger partial charge in [0.05, 0.1) is 28.8 Å². The summed E-state index contributed by atoms with van der Waals surface area (Å²) in [6.07, 6.45) is 6.01. The van der Waals surface area contributed by atoms with Gasteiger partial charge in [0.2, 0.25) is 17.7 Å². The van der Waals surface area contributed by atoms with E-state index >= 15 is 0 Å². The monoisotopic (exact) mass is 1050 g/mol. The first-order valence-electron chi connectivity index (χ1n) is 26.8. The number of aliphatic hydroxyl groups is 1. The number of aromatic amines is 1. The van der Waals surface area contributed by atoms with Crippen molar-refractivity contribution >= 4 is 45.9 Å². The van der Waals surface area contributed by atoms with Crippen molar-refractivity contribution in [2.24, 2.45) is 5.41 Å². The first-order chi connectivity index (χ1) is 36.5. The van der Waals surface area contributed by atoms with Crippen molar-refractivity contribution in [3.8, 4) is 21.6 Å². The number of amides is 4. The molecule has 2 aliphatic heterocycles. The Bertz CT molecular complexity index is 3090. The van der Waals surface area contributed by atoms with E-state index in [-0.39, 0.29) is 50.0 Å². The third kappa shape index (κ3) is 12.8. The molecule has 6 aromatic rings. The van der Waals surface area contributed by atoms with Crippen molar-refractivity contribution in [1.29, 1.82) is 0 Å². The second-order valence-corrected chi connectivity index (χ2v) is 22.9. The number of nitrogens with zero attached hydrogens (tertiary/aromatic N) is 5. The molecule has 1 aliphatic carbocycles. The summed E-state index contributed by atoms with van der Waals surface area (Å²) in [4.78, 5) is 82.1. The van der Waals surface area contributed by atoms with Crippen molar-refractivity contribution < 1.29 is 29.0 Å². The van der Waals surface area contributed by atoms with Gasteiger partial charge in [-0.25, -0.2) is 4.98 Å². The first-order valence-corrected chi connectivity index (χ1v) is 27.7. The minimum absolute atomic E-state index is 0.00260. The fourth-order valence-corrected chi connectivity index (χ4v) is 11.9. The molecule has 3 fully saturated rings. The van der Waals surface area contributed by atoms with Crippen LogP contribution in [0.1, 0.15) is 103 Å². The largest absolute Gasteiger partial charge is 0.391 e. The van der Waals surface area contributed by atoms with Crippen molar-refractivity contribution in [3.63, 3.8) is 0 Å². The minimum Gasteiger partial charge on any atom is -0.391 e. The first kappa shape index (κ1) is 54.3. The number of hydrogen-bond acceptors (Lipinski definition) is 11. The third-order valence-corrected chi connectivity index (χ3v) is 16.4. The maximum absolute atomic E-state index is 14.1. The topological polar surface area (TPSA) is 194 Å². The zero-order chi connectivity index (χ0) is 53.7. The Morgan fingerprint density at radius 2 is 1.55 bits per heavy atom. The Kier molecular flexibility index (Phi) is 17.0.